The monoisotopic (exact) mass is 352 g/mol. The fourth-order valence-corrected chi connectivity index (χ4v) is 3.46. The van der Waals surface area contributed by atoms with Gasteiger partial charge >= 0.3 is 11.6 Å². The molecule has 2 aliphatic rings. The number of hydrogen-bond donors (Lipinski definition) is 0. The normalized spacial score (nSPS) is 16.3. The fraction of sp³-hybridized carbons (Fsp3) is 0.474. The Bertz CT molecular complexity index is 895. The minimum atomic E-state index is -0.390. The van der Waals surface area contributed by atoms with E-state index in [1.165, 1.54) is 12.8 Å². The molecule has 1 fully saturated rings. The minimum Gasteiger partial charge on any atom is -0.424 e. The number of amidine groups is 1. The maximum absolute atomic E-state index is 12.5. The van der Waals surface area contributed by atoms with Crippen LogP contribution in [0.25, 0.3) is 0 Å². The van der Waals surface area contributed by atoms with Crippen molar-refractivity contribution >= 4 is 17.3 Å². The van der Waals surface area contributed by atoms with E-state index in [9.17, 15) is 4.79 Å². The zero-order valence-electron chi connectivity index (χ0n) is 15.1. The molecule has 0 bridgehead atoms. The molecular weight excluding hydrogens is 330 g/mol. The highest BCUT2D eigenvalue weighted by atomic mass is 16.5. The van der Waals surface area contributed by atoms with E-state index >= 15 is 0 Å². The van der Waals surface area contributed by atoms with Gasteiger partial charge in [-0.2, -0.15) is 4.98 Å². The van der Waals surface area contributed by atoms with Crippen LogP contribution in [0.1, 0.15) is 44.7 Å². The van der Waals surface area contributed by atoms with Crippen molar-refractivity contribution in [3.63, 3.8) is 0 Å². The number of hydrogen-bond acceptors (Lipinski definition) is 5. The Hall–Kier alpha value is -2.70. The zero-order chi connectivity index (χ0) is 18.1. The Kier molecular flexibility index (Phi) is 4.44. The minimum absolute atomic E-state index is 0.243. The molecule has 0 aromatic carbocycles. The predicted molar refractivity (Wildman–Crippen MR) is 98.7 cm³/mol. The molecule has 1 aliphatic carbocycles. The molecule has 0 amide bonds. The van der Waals surface area contributed by atoms with Crippen molar-refractivity contribution < 1.29 is 4.74 Å². The lowest BCUT2D eigenvalue weighted by molar-refractivity contribution is 0.399. The number of fused-ring (bicyclic) bond motifs is 1. The summed E-state index contributed by atoms with van der Waals surface area (Å²) in [4.78, 5) is 25.6. The fourth-order valence-electron chi connectivity index (χ4n) is 3.46. The van der Waals surface area contributed by atoms with Crippen LogP contribution < -0.4 is 15.6 Å². The third-order valence-corrected chi connectivity index (χ3v) is 4.81. The van der Waals surface area contributed by atoms with Gasteiger partial charge in [0, 0.05) is 18.2 Å². The summed E-state index contributed by atoms with van der Waals surface area (Å²) in [6.07, 6.45) is 7.06. The van der Waals surface area contributed by atoms with E-state index in [-0.39, 0.29) is 11.6 Å². The summed E-state index contributed by atoms with van der Waals surface area (Å²) in [5.74, 6) is 2.24. The molecule has 7 nitrogen and oxygen atoms in total. The van der Waals surface area contributed by atoms with Gasteiger partial charge in [-0.15, -0.1) is 0 Å². The topological polar surface area (TPSA) is 83.5 Å². The van der Waals surface area contributed by atoms with Crippen LogP contribution in [0.5, 0.6) is 11.8 Å². The van der Waals surface area contributed by atoms with Gasteiger partial charge in [0.15, 0.2) is 11.5 Å². The van der Waals surface area contributed by atoms with Gasteiger partial charge in [0.25, 0.3) is 0 Å². The van der Waals surface area contributed by atoms with Gasteiger partial charge in [-0.25, -0.2) is 10.3 Å². The third-order valence-electron chi connectivity index (χ3n) is 4.81. The lowest BCUT2D eigenvalue weighted by atomic mass is 10.1. The molecule has 1 radical (unpaired) electrons. The first-order valence-electron chi connectivity index (χ1n) is 9.21. The molecule has 135 valence electrons. The quantitative estimate of drug-likeness (QED) is 0.823. The molecule has 1 aliphatic heterocycles. The molecule has 7 heteroatoms. The van der Waals surface area contributed by atoms with Gasteiger partial charge in [-0.1, -0.05) is 19.8 Å². The van der Waals surface area contributed by atoms with Gasteiger partial charge in [-0.05, 0) is 38.3 Å². The second-order valence-corrected chi connectivity index (χ2v) is 6.82. The number of aliphatic imine (C=N–C) groups is 1. The first-order chi connectivity index (χ1) is 12.7. The first kappa shape index (κ1) is 16.8. The summed E-state index contributed by atoms with van der Waals surface area (Å²) in [5.41, 5.74) is 0.851. The van der Waals surface area contributed by atoms with Crippen LogP contribution in [0.3, 0.4) is 0 Å². The SMILES string of the molecule is CCCn1c(Oc2ccc(C)nc2)nc(=O)c2c1N=C(C1CCCC1)[N]2. The predicted octanol–water partition coefficient (Wildman–Crippen LogP) is 3.62. The highest BCUT2D eigenvalue weighted by Crippen LogP contribution is 2.36. The summed E-state index contributed by atoms with van der Waals surface area (Å²) >= 11 is 0. The largest absolute Gasteiger partial charge is 0.424 e. The van der Waals surface area contributed by atoms with Crippen LogP contribution >= 0.6 is 0 Å². The number of ether oxygens (including phenoxy) is 1. The standard InChI is InChI=1S/C19H22N5O2/c1-3-10-24-17-15(21-16(22-17)13-6-4-5-7-13)18(25)23-19(24)26-14-9-8-12(2)20-11-14/h8-9,11,13H,3-7,10H2,1-2H3. The molecule has 1 saturated carbocycles. The summed E-state index contributed by atoms with van der Waals surface area (Å²) in [6, 6.07) is 3.92. The number of aromatic nitrogens is 3. The highest BCUT2D eigenvalue weighted by molar-refractivity contribution is 5.96. The van der Waals surface area contributed by atoms with E-state index in [1.54, 1.807) is 6.20 Å². The number of aryl methyl sites for hydroxylation is 1. The Morgan fingerprint density at radius 2 is 2.08 bits per heavy atom. The molecule has 4 rings (SSSR count). The van der Waals surface area contributed by atoms with E-state index in [4.69, 9.17) is 9.73 Å². The van der Waals surface area contributed by atoms with E-state index in [0.717, 1.165) is 30.8 Å². The Balaban J connectivity index is 1.73. The van der Waals surface area contributed by atoms with Crippen LogP contribution in [0.4, 0.5) is 11.5 Å². The molecule has 26 heavy (non-hydrogen) atoms. The van der Waals surface area contributed by atoms with Crippen molar-refractivity contribution in [3.8, 4) is 11.8 Å². The second kappa shape index (κ2) is 6.90. The van der Waals surface area contributed by atoms with E-state index in [2.05, 4.69) is 22.2 Å². The smallest absolute Gasteiger partial charge is 0.307 e. The van der Waals surface area contributed by atoms with Crippen molar-refractivity contribution in [1.82, 2.24) is 19.9 Å². The summed E-state index contributed by atoms with van der Waals surface area (Å²) in [6.45, 7) is 4.63. The van der Waals surface area contributed by atoms with Gasteiger partial charge in [0.1, 0.15) is 11.6 Å². The van der Waals surface area contributed by atoms with Gasteiger partial charge in [-0.3, -0.25) is 14.3 Å². The maximum Gasteiger partial charge on any atom is 0.307 e. The zero-order valence-corrected chi connectivity index (χ0v) is 15.1. The summed E-state index contributed by atoms with van der Waals surface area (Å²) in [7, 11) is 0. The van der Waals surface area contributed by atoms with Crippen molar-refractivity contribution in [2.24, 2.45) is 10.9 Å². The van der Waals surface area contributed by atoms with Crippen molar-refractivity contribution in [2.45, 2.75) is 52.5 Å². The maximum atomic E-state index is 12.5. The third kappa shape index (κ3) is 3.09. The molecule has 2 aromatic rings. The number of nitrogens with zero attached hydrogens (tertiary/aromatic N) is 5. The lowest BCUT2D eigenvalue weighted by Crippen LogP contribution is -2.21. The molecule has 0 atom stereocenters. The van der Waals surface area contributed by atoms with Gasteiger partial charge in [0.05, 0.1) is 6.20 Å². The van der Waals surface area contributed by atoms with Gasteiger partial charge < -0.3 is 4.74 Å². The summed E-state index contributed by atoms with van der Waals surface area (Å²) in [5, 5.41) is 4.52. The number of rotatable bonds is 5. The molecule has 0 spiro atoms. The molecule has 0 N–H and O–H groups in total. The molecule has 0 unspecified atom stereocenters. The van der Waals surface area contributed by atoms with Crippen LogP contribution in [0, 0.1) is 12.8 Å². The first-order valence-corrected chi connectivity index (χ1v) is 9.21. The molecule has 3 heterocycles. The van der Waals surface area contributed by atoms with Gasteiger partial charge in [0.2, 0.25) is 0 Å². The molecular formula is C19H22N5O2. The van der Waals surface area contributed by atoms with Crippen LogP contribution in [0.2, 0.25) is 0 Å². The van der Waals surface area contributed by atoms with Crippen molar-refractivity contribution in [3.05, 3.63) is 34.4 Å². The lowest BCUT2D eigenvalue weighted by Gasteiger charge is -2.14. The molecule has 2 aromatic heterocycles. The van der Waals surface area contributed by atoms with Crippen LogP contribution in [0.15, 0.2) is 28.1 Å². The van der Waals surface area contributed by atoms with Crippen LogP contribution in [-0.4, -0.2) is 20.4 Å². The highest BCUT2D eigenvalue weighted by Gasteiger charge is 2.31. The Morgan fingerprint density at radius 3 is 2.77 bits per heavy atom. The average Bonchev–Trinajstić information content (AvgIpc) is 3.30. The van der Waals surface area contributed by atoms with Crippen LogP contribution in [-0.2, 0) is 6.54 Å². The molecule has 0 saturated heterocycles. The van der Waals surface area contributed by atoms with E-state index in [0.29, 0.717) is 29.7 Å². The van der Waals surface area contributed by atoms with E-state index in [1.807, 2.05) is 23.6 Å². The van der Waals surface area contributed by atoms with Crippen molar-refractivity contribution in [2.75, 3.05) is 0 Å². The van der Waals surface area contributed by atoms with Crippen molar-refractivity contribution in [1.29, 1.82) is 0 Å². The number of pyridine rings is 1. The Labute approximate surface area is 152 Å². The van der Waals surface area contributed by atoms with E-state index < -0.39 is 0 Å². The average molecular weight is 352 g/mol. The summed E-state index contributed by atoms with van der Waals surface area (Å²) < 4.78 is 7.71. The Morgan fingerprint density at radius 1 is 1.27 bits per heavy atom. The second-order valence-electron chi connectivity index (χ2n) is 6.82.